The van der Waals surface area contributed by atoms with Crippen molar-refractivity contribution in [1.29, 1.82) is 0 Å². The highest BCUT2D eigenvalue weighted by molar-refractivity contribution is 7.93. The molecular weight excluding hydrogens is 392 g/mol. The largest absolute Gasteiger partial charge is 0.270 e. The van der Waals surface area contributed by atoms with Gasteiger partial charge in [-0.25, -0.2) is 31.1 Å². The SMILES string of the molecule is Cc1cc(C)n2ncc(C(=O)NS(=O)(=O)c3ccccc3S(C)(=O)=O)c2n1. The zero-order chi connectivity index (χ0) is 20.0. The van der Waals surface area contributed by atoms with Crippen LogP contribution in [0.25, 0.3) is 5.65 Å². The molecule has 1 aromatic carbocycles. The van der Waals surface area contributed by atoms with Crippen LogP contribution < -0.4 is 4.72 Å². The van der Waals surface area contributed by atoms with E-state index in [1.54, 1.807) is 19.9 Å². The van der Waals surface area contributed by atoms with E-state index < -0.39 is 35.6 Å². The molecule has 27 heavy (non-hydrogen) atoms. The molecule has 0 bridgehead atoms. The van der Waals surface area contributed by atoms with Gasteiger partial charge in [-0.2, -0.15) is 5.10 Å². The summed E-state index contributed by atoms with van der Waals surface area (Å²) < 4.78 is 52.3. The van der Waals surface area contributed by atoms with Crippen LogP contribution in [0, 0.1) is 13.8 Å². The van der Waals surface area contributed by atoms with E-state index in [-0.39, 0.29) is 11.2 Å². The molecule has 0 spiro atoms. The van der Waals surface area contributed by atoms with Gasteiger partial charge in [-0.05, 0) is 32.0 Å². The van der Waals surface area contributed by atoms with E-state index in [4.69, 9.17) is 0 Å². The first-order valence-electron chi connectivity index (χ1n) is 7.69. The van der Waals surface area contributed by atoms with Crippen molar-refractivity contribution >= 4 is 31.4 Å². The fourth-order valence-corrected chi connectivity index (χ4v) is 5.24. The molecule has 2 aromatic heterocycles. The van der Waals surface area contributed by atoms with Gasteiger partial charge in [-0.15, -0.1) is 0 Å². The van der Waals surface area contributed by atoms with Gasteiger partial charge in [-0.1, -0.05) is 12.1 Å². The number of aryl methyl sites for hydroxylation is 2. The van der Waals surface area contributed by atoms with Crippen LogP contribution in [0.3, 0.4) is 0 Å². The number of carbonyl (C=O) groups is 1. The van der Waals surface area contributed by atoms with Gasteiger partial charge in [0.05, 0.1) is 11.1 Å². The molecule has 0 saturated carbocycles. The Morgan fingerprint density at radius 1 is 1.07 bits per heavy atom. The molecule has 0 atom stereocenters. The number of benzene rings is 1. The lowest BCUT2D eigenvalue weighted by atomic mass is 10.3. The monoisotopic (exact) mass is 408 g/mol. The van der Waals surface area contributed by atoms with Crippen LogP contribution >= 0.6 is 0 Å². The van der Waals surface area contributed by atoms with Crippen LogP contribution in [0.2, 0.25) is 0 Å². The second-order valence-electron chi connectivity index (χ2n) is 5.99. The van der Waals surface area contributed by atoms with E-state index >= 15 is 0 Å². The van der Waals surface area contributed by atoms with Gasteiger partial charge in [0, 0.05) is 17.6 Å². The molecule has 0 aliphatic rings. The number of amides is 1. The quantitative estimate of drug-likeness (QED) is 0.678. The number of rotatable bonds is 4. The number of sulfonamides is 1. The zero-order valence-electron chi connectivity index (χ0n) is 14.7. The predicted octanol–water partition coefficient (Wildman–Crippen LogP) is 0.868. The molecule has 1 amide bonds. The lowest BCUT2D eigenvalue weighted by Gasteiger charge is -2.10. The number of carbonyl (C=O) groups excluding carboxylic acids is 1. The number of hydrogen-bond acceptors (Lipinski definition) is 7. The van der Waals surface area contributed by atoms with Crippen molar-refractivity contribution in [2.75, 3.05) is 6.26 Å². The van der Waals surface area contributed by atoms with E-state index in [0.717, 1.165) is 24.1 Å². The van der Waals surface area contributed by atoms with Crippen LogP contribution in [-0.2, 0) is 19.9 Å². The molecular formula is C16H16N4O5S2. The Morgan fingerprint density at radius 2 is 1.70 bits per heavy atom. The lowest BCUT2D eigenvalue weighted by molar-refractivity contribution is 0.0982. The Labute approximate surface area is 156 Å². The van der Waals surface area contributed by atoms with E-state index in [2.05, 4.69) is 10.1 Å². The van der Waals surface area contributed by atoms with Crippen LogP contribution in [0.5, 0.6) is 0 Å². The van der Waals surface area contributed by atoms with Crippen molar-refractivity contribution in [2.24, 2.45) is 0 Å². The maximum Gasteiger partial charge on any atom is 0.270 e. The molecule has 0 aliphatic heterocycles. The van der Waals surface area contributed by atoms with E-state index in [0.29, 0.717) is 5.69 Å². The molecule has 2 heterocycles. The molecule has 0 unspecified atom stereocenters. The smallest absolute Gasteiger partial charge is 0.268 e. The maximum atomic E-state index is 12.6. The Bertz CT molecular complexity index is 1280. The molecule has 0 radical (unpaired) electrons. The van der Waals surface area contributed by atoms with Gasteiger partial charge < -0.3 is 0 Å². The topological polar surface area (TPSA) is 128 Å². The van der Waals surface area contributed by atoms with Crippen LogP contribution in [-0.4, -0.2) is 43.6 Å². The molecule has 3 aromatic rings. The second kappa shape index (κ2) is 6.43. The summed E-state index contributed by atoms with van der Waals surface area (Å²) >= 11 is 0. The molecule has 1 N–H and O–H groups in total. The molecule has 0 saturated heterocycles. The van der Waals surface area contributed by atoms with Gasteiger partial charge in [0.15, 0.2) is 15.5 Å². The third-order valence-corrected chi connectivity index (χ3v) is 6.46. The standard InChI is InChI=1S/C16H16N4O5S2/c1-10-8-11(2)20-15(18-10)12(9-17-20)16(21)19-27(24,25)14-7-5-4-6-13(14)26(3,22)23/h4-9H,1-3H3,(H,19,21). The Hall–Kier alpha value is -2.79. The predicted molar refractivity (Wildman–Crippen MR) is 96.7 cm³/mol. The summed E-state index contributed by atoms with van der Waals surface area (Å²) in [6, 6.07) is 6.82. The minimum Gasteiger partial charge on any atom is -0.268 e. The fourth-order valence-electron chi connectivity index (χ4n) is 2.64. The van der Waals surface area contributed by atoms with Crippen LogP contribution in [0.15, 0.2) is 46.3 Å². The van der Waals surface area contributed by atoms with E-state index in [1.807, 2.05) is 4.72 Å². The molecule has 9 nitrogen and oxygen atoms in total. The minimum atomic E-state index is -4.43. The van der Waals surface area contributed by atoms with Crippen molar-refractivity contribution in [3.05, 3.63) is 53.5 Å². The number of nitrogens with one attached hydrogen (secondary N) is 1. The first kappa shape index (κ1) is 19.0. The highest BCUT2D eigenvalue weighted by atomic mass is 32.2. The van der Waals surface area contributed by atoms with Crippen molar-refractivity contribution < 1.29 is 21.6 Å². The summed E-state index contributed by atoms with van der Waals surface area (Å²) in [4.78, 5) is 15.9. The maximum absolute atomic E-state index is 12.6. The molecule has 0 aliphatic carbocycles. The molecule has 3 rings (SSSR count). The number of hydrogen-bond donors (Lipinski definition) is 1. The van der Waals surface area contributed by atoms with E-state index in [1.165, 1.54) is 22.8 Å². The van der Waals surface area contributed by atoms with Gasteiger partial charge in [0.25, 0.3) is 15.9 Å². The molecule has 0 fully saturated rings. The molecule has 11 heteroatoms. The number of sulfone groups is 1. The Kier molecular flexibility index (Phi) is 4.52. The van der Waals surface area contributed by atoms with Crippen LogP contribution in [0.4, 0.5) is 0 Å². The van der Waals surface area contributed by atoms with Gasteiger partial charge >= 0.3 is 0 Å². The highest BCUT2D eigenvalue weighted by Gasteiger charge is 2.27. The molecule has 142 valence electrons. The van der Waals surface area contributed by atoms with Gasteiger partial charge in [-0.3, -0.25) is 4.79 Å². The van der Waals surface area contributed by atoms with Crippen LogP contribution in [0.1, 0.15) is 21.7 Å². The summed E-state index contributed by atoms with van der Waals surface area (Å²) in [7, 11) is -8.24. The summed E-state index contributed by atoms with van der Waals surface area (Å²) in [5, 5.41) is 4.04. The lowest BCUT2D eigenvalue weighted by Crippen LogP contribution is -2.31. The third-order valence-electron chi connectivity index (χ3n) is 3.79. The second-order valence-corrected chi connectivity index (χ2v) is 9.62. The van der Waals surface area contributed by atoms with Crippen molar-refractivity contribution in [3.8, 4) is 0 Å². The number of fused-ring (bicyclic) bond motifs is 1. The Morgan fingerprint density at radius 3 is 2.33 bits per heavy atom. The summed E-state index contributed by atoms with van der Waals surface area (Å²) in [5.74, 6) is -0.953. The normalized spacial score (nSPS) is 12.3. The van der Waals surface area contributed by atoms with Crippen molar-refractivity contribution in [3.63, 3.8) is 0 Å². The highest BCUT2D eigenvalue weighted by Crippen LogP contribution is 2.21. The fraction of sp³-hybridized carbons (Fsp3) is 0.188. The first-order valence-corrected chi connectivity index (χ1v) is 11.1. The average Bonchev–Trinajstić information content (AvgIpc) is 2.98. The van der Waals surface area contributed by atoms with Crippen molar-refractivity contribution in [1.82, 2.24) is 19.3 Å². The zero-order valence-corrected chi connectivity index (χ0v) is 16.3. The Balaban J connectivity index is 2.05. The average molecular weight is 408 g/mol. The first-order chi connectivity index (χ1) is 12.5. The summed E-state index contributed by atoms with van der Waals surface area (Å²) in [6.07, 6.45) is 2.10. The van der Waals surface area contributed by atoms with Crippen molar-refractivity contribution in [2.45, 2.75) is 23.6 Å². The summed E-state index contributed by atoms with van der Waals surface area (Å²) in [5.41, 5.74) is 1.53. The third kappa shape index (κ3) is 3.55. The van der Waals surface area contributed by atoms with E-state index in [9.17, 15) is 21.6 Å². The minimum absolute atomic E-state index is 0.0396. The van der Waals surface area contributed by atoms with Gasteiger partial charge in [0.2, 0.25) is 0 Å². The van der Waals surface area contributed by atoms with Gasteiger partial charge in [0.1, 0.15) is 10.5 Å². The number of aromatic nitrogens is 3. The summed E-state index contributed by atoms with van der Waals surface area (Å²) in [6.45, 7) is 3.51. The number of nitrogens with zero attached hydrogens (tertiary/aromatic N) is 3.